The van der Waals surface area contributed by atoms with Crippen LogP contribution in [0.25, 0.3) is 0 Å². The van der Waals surface area contributed by atoms with Gasteiger partial charge < -0.3 is 9.74 Å². The van der Waals surface area contributed by atoms with E-state index in [4.69, 9.17) is 4.43 Å². The summed E-state index contributed by atoms with van der Waals surface area (Å²) >= 11 is 1.64. The molecular weight excluding hydrogens is 218 g/mol. The summed E-state index contributed by atoms with van der Waals surface area (Å²) in [5.74, 6) is 0.361. The second-order valence-electron chi connectivity index (χ2n) is 2.79. The van der Waals surface area contributed by atoms with Crippen molar-refractivity contribution in [3.8, 4) is 0 Å². The van der Waals surface area contributed by atoms with E-state index in [0.717, 1.165) is 5.75 Å². The van der Waals surface area contributed by atoms with E-state index >= 15 is 0 Å². The highest BCUT2D eigenvalue weighted by molar-refractivity contribution is 7.98. The van der Waals surface area contributed by atoms with Crippen molar-refractivity contribution < 1.29 is 14.0 Å². The molecule has 1 amide bonds. The quantitative estimate of drug-likeness (QED) is 0.654. The molecule has 0 saturated carbocycles. The van der Waals surface area contributed by atoms with Gasteiger partial charge in [0.05, 0.1) is 0 Å². The molecule has 0 aliphatic rings. The molecule has 1 unspecified atom stereocenters. The molecule has 0 aromatic carbocycles. The van der Waals surface area contributed by atoms with Crippen molar-refractivity contribution in [1.82, 2.24) is 5.32 Å². The highest BCUT2D eigenvalue weighted by Gasteiger charge is 2.19. The molecule has 0 heterocycles. The second-order valence-corrected chi connectivity index (χ2v) is 4.64. The Kier molecular flexibility index (Phi) is 7.59. The third-order valence-electron chi connectivity index (χ3n) is 1.56. The molecule has 0 aromatic rings. The van der Waals surface area contributed by atoms with Crippen molar-refractivity contribution in [1.29, 1.82) is 0 Å². The minimum absolute atomic E-state index is 0.189. The summed E-state index contributed by atoms with van der Waals surface area (Å²) in [6, 6.07) is -0.465. The van der Waals surface area contributed by atoms with E-state index in [9.17, 15) is 9.59 Å². The maximum absolute atomic E-state index is 11.4. The van der Waals surface area contributed by atoms with Crippen LogP contribution in [0.2, 0.25) is 6.55 Å². The van der Waals surface area contributed by atoms with Crippen LogP contribution in [0, 0.1) is 0 Å². The molecule has 1 atom stereocenters. The third-order valence-corrected chi connectivity index (χ3v) is 2.78. The first kappa shape index (κ1) is 13.5. The SMILES string of the molecule is C[SiH2]OC(=O)C(CCSC)NC(C)=O. The Morgan fingerprint density at radius 3 is 2.64 bits per heavy atom. The Bertz CT molecular complexity index is 201. The maximum Gasteiger partial charge on any atom is 0.314 e. The van der Waals surface area contributed by atoms with E-state index in [1.165, 1.54) is 6.92 Å². The van der Waals surface area contributed by atoms with Crippen LogP contribution in [-0.2, 0) is 14.0 Å². The lowest BCUT2D eigenvalue weighted by molar-refractivity contribution is -0.139. The first-order valence-corrected chi connectivity index (χ1v) is 7.93. The fraction of sp³-hybridized carbons (Fsp3) is 0.750. The van der Waals surface area contributed by atoms with E-state index < -0.39 is 15.8 Å². The second kappa shape index (κ2) is 7.87. The lowest BCUT2D eigenvalue weighted by atomic mass is 10.2. The molecule has 0 bridgehead atoms. The van der Waals surface area contributed by atoms with Gasteiger partial charge in [-0.3, -0.25) is 9.59 Å². The maximum atomic E-state index is 11.4. The summed E-state index contributed by atoms with van der Waals surface area (Å²) < 4.78 is 4.98. The highest BCUT2D eigenvalue weighted by atomic mass is 32.2. The average molecular weight is 235 g/mol. The van der Waals surface area contributed by atoms with E-state index in [0.29, 0.717) is 6.42 Å². The standard InChI is InChI=1S/C8H17NO3SSi/c1-6(10)9-7(4-5-13-2)8(11)12-14-3/h7H,4-5,14H2,1-3H3,(H,9,10). The predicted octanol–water partition coefficient (Wildman–Crippen LogP) is -0.0807. The summed E-state index contributed by atoms with van der Waals surface area (Å²) in [7, 11) is -0.741. The molecule has 6 heteroatoms. The largest absolute Gasteiger partial charge is 0.524 e. The molecule has 0 saturated heterocycles. The van der Waals surface area contributed by atoms with Crippen LogP contribution in [0.3, 0.4) is 0 Å². The normalized spacial score (nSPS) is 12.8. The Morgan fingerprint density at radius 2 is 2.21 bits per heavy atom. The van der Waals surface area contributed by atoms with Gasteiger partial charge in [-0.1, -0.05) is 0 Å². The van der Waals surface area contributed by atoms with E-state index in [-0.39, 0.29) is 11.9 Å². The lowest BCUT2D eigenvalue weighted by Gasteiger charge is -2.15. The molecule has 82 valence electrons. The zero-order valence-electron chi connectivity index (χ0n) is 8.83. The zero-order valence-corrected chi connectivity index (χ0v) is 11.1. The molecule has 0 rings (SSSR count). The molecule has 0 fully saturated rings. The van der Waals surface area contributed by atoms with Crippen molar-refractivity contribution >= 4 is 33.4 Å². The molecule has 0 radical (unpaired) electrons. The van der Waals surface area contributed by atoms with Gasteiger partial charge in [0.2, 0.25) is 15.7 Å². The van der Waals surface area contributed by atoms with Crippen LogP contribution in [0.5, 0.6) is 0 Å². The van der Waals surface area contributed by atoms with Crippen LogP contribution >= 0.6 is 11.8 Å². The first-order valence-electron chi connectivity index (χ1n) is 4.54. The van der Waals surface area contributed by atoms with Gasteiger partial charge in [0, 0.05) is 6.92 Å². The summed E-state index contributed by atoms with van der Waals surface area (Å²) in [5.41, 5.74) is 0. The van der Waals surface area contributed by atoms with Gasteiger partial charge in [-0.15, -0.1) is 0 Å². The molecule has 0 aliphatic heterocycles. The van der Waals surface area contributed by atoms with Crippen LogP contribution in [0.4, 0.5) is 0 Å². The zero-order chi connectivity index (χ0) is 11.0. The van der Waals surface area contributed by atoms with E-state index in [1.54, 1.807) is 11.8 Å². The van der Waals surface area contributed by atoms with E-state index in [2.05, 4.69) is 5.32 Å². The molecule has 14 heavy (non-hydrogen) atoms. The summed E-state index contributed by atoms with van der Waals surface area (Å²) in [6.07, 6.45) is 2.60. The third kappa shape index (κ3) is 6.04. The molecule has 0 aliphatic carbocycles. The highest BCUT2D eigenvalue weighted by Crippen LogP contribution is 2.02. The number of thioether (sulfide) groups is 1. The molecule has 1 N–H and O–H groups in total. The number of carbonyl (C=O) groups is 2. The molecule has 4 nitrogen and oxygen atoms in total. The summed E-state index contributed by atoms with van der Waals surface area (Å²) in [4.78, 5) is 22.2. The summed E-state index contributed by atoms with van der Waals surface area (Å²) in [6.45, 7) is 3.29. The Morgan fingerprint density at radius 1 is 1.57 bits per heavy atom. The van der Waals surface area contributed by atoms with Crippen LogP contribution < -0.4 is 5.32 Å². The van der Waals surface area contributed by atoms with Gasteiger partial charge in [0.15, 0.2) is 0 Å². The van der Waals surface area contributed by atoms with Crippen molar-refractivity contribution in [3.63, 3.8) is 0 Å². The molecule has 0 aromatic heterocycles. The van der Waals surface area contributed by atoms with Crippen molar-refractivity contribution in [2.24, 2.45) is 0 Å². The molecule has 0 spiro atoms. The van der Waals surface area contributed by atoms with Crippen molar-refractivity contribution in [2.45, 2.75) is 25.9 Å². The number of hydrogen-bond acceptors (Lipinski definition) is 4. The minimum atomic E-state index is -0.741. The van der Waals surface area contributed by atoms with Crippen LogP contribution in [-0.4, -0.2) is 39.7 Å². The van der Waals surface area contributed by atoms with Gasteiger partial charge in [0.1, 0.15) is 6.04 Å². The van der Waals surface area contributed by atoms with Crippen LogP contribution in [0.15, 0.2) is 0 Å². The smallest absolute Gasteiger partial charge is 0.314 e. The minimum Gasteiger partial charge on any atom is -0.524 e. The Balaban J connectivity index is 4.08. The monoisotopic (exact) mass is 235 g/mol. The first-order chi connectivity index (χ1) is 6.61. The number of carbonyl (C=O) groups excluding carboxylic acids is 2. The van der Waals surface area contributed by atoms with Gasteiger partial charge in [0.25, 0.3) is 0 Å². The number of hydrogen-bond donors (Lipinski definition) is 1. The van der Waals surface area contributed by atoms with Crippen LogP contribution in [0.1, 0.15) is 13.3 Å². The van der Waals surface area contributed by atoms with Gasteiger partial charge in [-0.25, -0.2) is 0 Å². The number of nitrogens with one attached hydrogen (secondary N) is 1. The number of rotatable bonds is 6. The fourth-order valence-corrected chi connectivity index (χ4v) is 1.93. The van der Waals surface area contributed by atoms with Gasteiger partial charge >= 0.3 is 5.97 Å². The van der Waals surface area contributed by atoms with E-state index in [1.807, 2.05) is 12.8 Å². The van der Waals surface area contributed by atoms with Gasteiger partial charge in [-0.05, 0) is 25.0 Å². The fourth-order valence-electron chi connectivity index (χ4n) is 0.973. The Hall–Kier alpha value is -0.493. The average Bonchev–Trinajstić information content (AvgIpc) is 2.12. The predicted molar refractivity (Wildman–Crippen MR) is 61.1 cm³/mol. The van der Waals surface area contributed by atoms with Crippen molar-refractivity contribution in [3.05, 3.63) is 0 Å². The molecular formula is C8H17NO3SSi. The lowest BCUT2D eigenvalue weighted by Crippen LogP contribution is -2.41. The topological polar surface area (TPSA) is 55.4 Å². The number of amides is 1. The summed E-state index contributed by atoms with van der Waals surface area (Å²) in [5, 5.41) is 2.59. The van der Waals surface area contributed by atoms with Crippen molar-refractivity contribution in [2.75, 3.05) is 12.0 Å². The van der Waals surface area contributed by atoms with Gasteiger partial charge in [-0.2, -0.15) is 11.8 Å². The Labute approximate surface area is 91.1 Å².